The van der Waals surface area contributed by atoms with Gasteiger partial charge in [0, 0.05) is 31.9 Å². The van der Waals surface area contributed by atoms with Crippen LogP contribution in [-0.4, -0.2) is 37.0 Å². The number of hydrogen-bond acceptors (Lipinski definition) is 4. The number of aryl methyl sites for hydroxylation is 3. The second-order valence-electron chi connectivity index (χ2n) is 5.68. The van der Waals surface area contributed by atoms with Gasteiger partial charge in [-0.3, -0.25) is 4.68 Å². The van der Waals surface area contributed by atoms with Crippen molar-refractivity contribution in [2.24, 2.45) is 19.1 Å². The number of nitrogens with one attached hydrogen (secondary N) is 2. The lowest BCUT2D eigenvalue weighted by molar-refractivity contribution is 0.720. The number of rotatable bonds is 6. The van der Waals surface area contributed by atoms with Crippen LogP contribution in [0.2, 0.25) is 0 Å². The molecule has 0 aliphatic carbocycles. The van der Waals surface area contributed by atoms with E-state index in [4.69, 9.17) is 0 Å². The highest BCUT2D eigenvalue weighted by atomic mass is 15.3. The Balaban J connectivity index is 2.09. The third-order valence-electron chi connectivity index (χ3n) is 4.06. The predicted octanol–water partition coefficient (Wildman–Crippen LogP) is 0.895. The van der Waals surface area contributed by atoms with E-state index in [9.17, 15) is 0 Å². The average molecular weight is 330 g/mol. The number of aromatic nitrogens is 5. The fourth-order valence-electron chi connectivity index (χ4n) is 2.32. The van der Waals surface area contributed by atoms with Gasteiger partial charge in [-0.25, -0.2) is 4.99 Å². The van der Waals surface area contributed by atoms with Gasteiger partial charge in [0.05, 0.1) is 18.8 Å². The Hall–Kier alpha value is -2.64. The van der Waals surface area contributed by atoms with Gasteiger partial charge in [-0.1, -0.05) is 6.08 Å². The molecule has 2 rings (SSSR count). The SMILES string of the molecule is C=CCNC(=NCc1c(C)nn(C)c1C)NCc1nnc(C)n1C. The summed E-state index contributed by atoms with van der Waals surface area (Å²) in [4.78, 5) is 4.65. The lowest BCUT2D eigenvalue weighted by Crippen LogP contribution is -2.37. The van der Waals surface area contributed by atoms with Gasteiger partial charge >= 0.3 is 0 Å². The summed E-state index contributed by atoms with van der Waals surface area (Å²) in [6.45, 7) is 11.5. The van der Waals surface area contributed by atoms with Crippen molar-refractivity contribution in [1.82, 2.24) is 35.2 Å². The van der Waals surface area contributed by atoms with Crippen molar-refractivity contribution < 1.29 is 0 Å². The second kappa shape index (κ2) is 7.76. The van der Waals surface area contributed by atoms with Crippen LogP contribution >= 0.6 is 0 Å². The molecule has 0 bridgehead atoms. The van der Waals surface area contributed by atoms with Crippen LogP contribution in [0.15, 0.2) is 17.6 Å². The van der Waals surface area contributed by atoms with Crippen LogP contribution in [-0.2, 0) is 27.2 Å². The summed E-state index contributed by atoms with van der Waals surface area (Å²) in [6.07, 6.45) is 1.80. The molecule has 0 amide bonds. The fourth-order valence-corrected chi connectivity index (χ4v) is 2.32. The van der Waals surface area contributed by atoms with Gasteiger partial charge in [-0.15, -0.1) is 16.8 Å². The number of hydrogen-bond donors (Lipinski definition) is 2. The van der Waals surface area contributed by atoms with Crippen molar-refractivity contribution in [2.45, 2.75) is 33.9 Å². The van der Waals surface area contributed by atoms with Crippen molar-refractivity contribution in [1.29, 1.82) is 0 Å². The van der Waals surface area contributed by atoms with Gasteiger partial charge in [0.15, 0.2) is 11.8 Å². The molecule has 2 heterocycles. The molecule has 24 heavy (non-hydrogen) atoms. The molecule has 8 heteroatoms. The monoisotopic (exact) mass is 330 g/mol. The van der Waals surface area contributed by atoms with Crippen LogP contribution in [0.5, 0.6) is 0 Å². The molecule has 0 saturated heterocycles. The smallest absolute Gasteiger partial charge is 0.192 e. The molecule has 0 aromatic carbocycles. The minimum absolute atomic E-state index is 0.547. The van der Waals surface area contributed by atoms with Gasteiger partial charge < -0.3 is 15.2 Å². The Kier molecular flexibility index (Phi) is 5.73. The highest BCUT2D eigenvalue weighted by Gasteiger charge is 2.10. The summed E-state index contributed by atoms with van der Waals surface area (Å²) in [7, 11) is 3.89. The molecule has 2 aromatic heterocycles. The fraction of sp³-hybridized carbons (Fsp3) is 0.500. The Morgan fingerprint density at radius 2 is 1.96 bits per heavy atom. The zero-order valence-electron chi connectivity index (χ0n) is 15.1. The molecule has 0 aliphatic heterocycles. The van der Waals surface area contributed by atoms with Crippen LogP contribution in [0.3, 0.4) is 0 Å². The summed E-state index contributed by atoms with van der Waals surface area (Å²) in [5.74, 6) is 2.44. The van der Waals surface area contributed by atoms with Gasteiger partial charge in [0.25, 0.3) is 0 Å². The Labute approximate surface area is 142 Å². The maximum atomic E-state index is 4.65. The largest absolute Gasteiger partial charge is 0.353 e. The van der Waals surface area contributed by atoms with Crippen LogP contribution < -0.4 is 10.6 Å². The summed E-state index contributed by atoms with van der Waals surface area (Å²) in [5, 5.41) is 19.1. The maximum absolute atomic E-state index is 4.65. The van der Waals surface area contributed by atoms with Gasteiger partial charge in [0.1, 0.15) is 5.82 Å². The lowest BCUT2D eigenvalue weighted by atomic mass is 10.2. The third-order valence-corrected chi connectivity index (χ3v) is 4.06. The summed E-state index contributed by atoms with van der Waals surface area (Å²) >= 11 is 0. The van der Waals surface area contributed by atoms with Gasteiger partial charge in [-0.2, -0.15) is 5.10 Å². The zero-order chi connectivity index (χ0) is 17.7. The minimum atomic E-state index is 0.547. The first kappa shape index (κ1) is 17.7. The third kappa shape index (κ3) is 4.01. The first-order valence-corrected chi connectivity index (χ1v) is 7.91. The molecule has 0 unspecified atom stereocenters. The molecule has 2 N–H and O–H groups in total. The first-order valence-electron chi connectivity index (χ1n) is 7.91. The van der Waals surface area contributed by atoms with Crippen LogP contribution in [0.25, 0.3) is 0 Å². The number of aliphatic imine (C=N–C) groups is 1. The molecule has 0 aliphatic rings. The van der Waals surface area contributed by atoms with Crippen molar-refractivity contribution in [3.63, 3.8) is 0 Å². The maximum Gasteiger partial charge on any atom is 0.192 e. The lowest BCUT2D eigenvalue weighted by Gasteiger charge is -2.11. The van der Waals surface area contributed by atoms with Crippen LogP contribution in [0.4, 0.5) is 0 Å². The summed E-state index contributed by atoms with van der Waals surface area (Å²) in [6, 6.07) is 0. The Bertz CT molecular complexity index is 738. The predicted molar refractivity (Wildman–Crippen MR) is 94.6 cm³/mol. The second-order valence-corrected chi connectivity index (χ2v) is 5.68. The zero-order valence-corrected chi connectivity index (χ0v) is 15.1. The highest BCUT2D eigenvalue weighted by Crippen LogP contribution is 2.12. The Morgan fingerprint density at radius 3 is 2.50 bits per heavy atom. The molecule has 0 radical (unpaired) electrons. The molecule has 0 atom stereocenters. The highest BCUT2D eigenvalue weighted by molar-refractivity contribution is 5.79. The molecule has 8 nitrogen and oxygen atoms in total. The molecule has 130 valence electrons. The van der Waals surface area contributed by atoms with E-state index in [-0.39, 0.29) is 0 Å². The normalized spacial score (nSPS) is 11.6. The van der Waals surface area contributed by atoms with E-state index in [2.05, 4.69) is 44.4 Å². The number of guanidine groups is 1. The van der Waals surface area contributed by atoms with E-state index in [1.54, 1.807) is 6.08 Å². The molecule has 0 saturated carbocycles. The van der Waals surface area contributed by atoms with Crippen molar-refractivity contribution in [3.8, 4) is 0 Å². The van der Waals surface area contributed by atoms with E-state index in [0.717, 1.165) is 28.6 Å². The number of nitrogens with zero attached hydrogens (tertiary/aromatic N) is 6. The van der Waals surface area contributed by atoms with E-state index in [1.165, 1.54) is 0 Å². The molecular weight excluding hydrogens is 304 g/mol. The Morgan fingerprint density at radius 1 is 1.21 bits per heavy atom. The standard InChI is InChI=1S/C16H26N8/c1-7-8-17-16(19-10-15-21-20-13(4)23(15)5)18-9-14-11(2)22-24(6)12(14)3/h7H,1,8-10H2,2-6H3,(H2,17,18,19). The minimum Gasteiger partial charge on any atom is -0.353 e. The molecule has 0 fully saturated rings. The molecule has 0 spiro atoms. The summed E-state index contributed by atoms with van der Waals surface area (Å²) < 4.78 is 3.83. The topological polar surface area (TPSA) is 84.9 Å². The average Bonchev–Trinajstić information content (AvgIpc) is 3.00. The quantitative estimate of drug-likeness (QED) is 0.467. The molecule has 2 aromatic rings. The van der Waals surface area contributed by atoms with Gasteiger partial charge in [0.2, 0.25) is 0 Å². The van der Waals surface area contributed by atoms with Crippen LogP contribution in [0.1, 0.15) is 28.6 Å². The molecular formula is C16H26N8. The van der Waals surface area contributed by atoms with Crippen molar-refractivity contribution >= 4 is 5.96 Å². The van der Waals surface area contributed by atoms with E-state index < -0.39 is 0 Å². The van der Waals surface area contributed by atoms with Crippen LogP contribution in [0, 0.1) is 20.8 Å². The van der Waals surface area contributed by atoms with Gasteiger partial charge in [-0.05, 0) is 20.8 Å². The van der Waals surface area contributed by atoms with E-state index in [1.807, 2.05) is 37.2 Å². The summed E-state index contributed by atoms with van der Waals surface area (Å²) in [5.41, 5.74) is 3.28. The van der Waals surface area contributed by atoms with E-state index in [0.29, 0.717) is 25.6 Å². The van der Waals surface area contributed by atoms with E-state index >= 15 is 0 Å². The van der Waals surface area contributed by atoms with Crippen molar-refractivity contribution in [3.05, 3.63) is 41.3 Å². The van der Waals surface area contributed by atoms with Crippen molar-refractivity contribution in [2.75, 3.05) is 6.54 Å². The first-order chi connectivity index (χ1) is 11.4.